The average Bonchev–Trinajstić information content (AvgIpc) is 3.68. The fourth-order valence-electron chi connectivity index (χ4n) is 6.09. The first kappa shape index (κ1) is 46.7. The highest BCUT2D eigenvalue weighted by Gasteiger charge is 2.62. The molecule has 3 aromatic rings. The van der Waals surface area contributed by atoms with Gasteiger partial charge in [-0.3, -0.25) is 14.3 Å². The van der Waals surface area contributed by atoms with Gasteiger partial charge >= 0.3 is 13.7 Å². The second kappa shape index (κ2) is 18.1. The van der Waals surface area contributed by atoms with Gasteiger partial charge in [-0.15, -0.1) is 0 Å². The van der Waals surface area contributed by atoms with Gasteiger partial charge in [0.15, 0.2) is 28.1 Å². The number of nitrogens with two attached hydrogens (primary N) is 1. The molecule has 1 aliphatic heterocycles. The van der Waals surface area contributed by atoms with Crippen LogP contribution in [0.1, 0.15) is 80.8 Å². The number of hydrogen-bond donors (Lipinski definition) is 2. The van der Waals surface area contributed by atoms with Crippen molar-refractivity contribution in [3.63, 3.8) is 0 Å². The second-order valence-corrected chi connectivity index (χ2v) is 29.2. The van der Waals surface area contributed by atoms with Crippen molar-refractivity contribution in [1.82, 2.24) is 19.7 Å². The van der Waals surface area contributed by atoms with Crippen molar-refractivity contribution < 1.29 is 36.7 Å². The van der Waals surface area contributed by atoms with Crippen LogP contribution >= 0.6 is 7.75 Å². The van der Waals surface area contributed by atoms with Crippen molar-refractivity contribution >= 4 is 47.9 Å². The molecule has 0 amide bonds. The minimum Gasteiger partial charge on any atom is -0.464 e. The summed E-state index contributed by atoms with van der Waals surface area (Å²) in [6.45, 7) is 27.4. The molecule has 6 atom stereocenters. The van der Waals surface area contributed by atoms with E-state index in [1.54, 1.807) is 49.0 Å². The molecule has 2 aromatic heterocycles. The largest absolute Gasteiger partial charge is 0.464 e. The van der Waals surface area contributed by atoms with E-state index in [4.69, 9.17) is 33.1 Å². The van der Waals surface area contributed by atoms with Crippen LogP contribution in [0.25, 0.3) is 5.52 Å². The van der Waals surface area contributed by atoms with Gasteiger partial charge in [0.05, 0.1) is 18.9 Å². The molecule has 17 heteroatoms. The van der Waals surface area contributed by atoms with E-state index in [0.717, 1.165) is 12.8 Å². The molecule has 0 aliphatic carbocycles. The van der Waals surface area contributed by atoms with Crippen LogP contribution in [-0.4, -0.2) is 88.0 Å². The van der Waals surface area contributed by atoms with E-state index in [-0.39, 0.29) is 35.0 Å². The lowest BCUT2D eigenvalue weighted by Crippen LogP contribution is -2.57. The van der Waals surface area contributed by atoms with Crippen LogP contribution < -0.4 is 15.3 Å². The Balaban J connectivity index is 1.86. The number of nitrogen functional groups attached to an aromatic ring is 1. The van der Waals surface area contributed by atoms with Crippen molar-refractivity contribution in [2.24, 2.45) is 10.9 Å². The summed E-state index contributed by atoms with van der Waals surface area (Å²) in [6.07, 6.45) is 2.44. The van der Waals surface area contributed by atoms with E-state index < -0.39 is 60.3 Å². The Kier molecular flexibility index (Phi) is 14.9. The smallest absolute Gasteiger partial charge is 0.459 e. The number of esters is 1. The monoisotopic (exact) mass is 846 g/mol. The summed E-state index contributed by atoms with van der Waals surface area (Å²) >= 11 is 0. The van der Waals surface area contributed by atoms with Crippen molar-refractivity contribution in [2.45, 2.75) is 141 Å². The lowest BCUT2D eigenvalue weighted by molar-refractivity contribution is -0.146. The molecule has 4 rings (SSSR count). The SMILES string of the molecule is CCC(CC)COC(=O)[C@H](C)NP(=O)(OC[C@H]1O[C@@](/C=N\C)(c2ccc3c(N)ncnn23)C(O[Si](C)(C)C(C)(C)C)C1O[Si](C)(C)C(C)(C)C)Oc1ccccc1. The predicted octanol–water partition coefficient (Wildman–Crippen LogP) is 8.55. The molecule has 57 heavy (non-hydrogen) atoms. The summed E-state index contributed by atoms with van der Waals surface area (Å²) in [7, 11) is -7.81. The fraction of sp³-hybridized carbons (Fsp3) is 0.650. The fourth-order valence-corrected chi connectivity index (χ4v) is 10.2. The third-order valence-corrected chi connectivity index (χ3v) is 22.4. The van der Waals surface area contributed by atoms with Gasteiger partial charge in [-0.2, -0.15) is 10.2 Å². The first-order valence-corrected chi connectivity index (χ1v) is 27.3. The van der Waals surface area contributed by atoms with E-state index >= 15 is 0 Å². The van der Waals surface area contributed by atoms with Gasteiger partial charge in [-0.05, 0) is 73.4 Å². The summed E-state index contributed by atoms with van der Waals surface area (Å²) in [4.78, 5) is 22.0. The van der Waals surface area contributed by atoms with Crippen LogP contribution in [0.4, 0.5) is 5.82 Å². The number of para-hydroxylation sites is 1. The van der Waals surface area contributed by atoms with Crippen LogP contribution in [-0.2, 0) is 37.8 Å². The van der Waals surface area contributed by atoms with Crippen LogP contribution in [0.2, 0.25) is 36.3 Å². The van der Waals surface area contributed by atoms with Crippen molar-refractivity contribution in [2.75, 3.05) is 26.0 Å². The lowest BCUT2D eigenvalue weighted by atomic mass is 9.92. The Morgan fingerprint density at radius 3 is 2.23 bits per heavy atom. The molecule has 0 bridgehead atoms. The third-order valence-electron chi connectivity index (χ3n) is 11.8. The number of carbonyl (C=O) groups excluding carboxylic acids is 1. The average molecular weight is 847 g/mol. The Labute approximate surface area is 341 Å². The number of aromatic nitrogens is 3. The number of carbonyl (C=O) groups is 1. The van der Waals surface area contributed by atoms with Gasteiger partial charge in [0.25, 0.3) is 0 Å². The van der Waals surface area contributed by atoms with Crippen LogP contribution in [0, 0.1) is 5.92 Å². The first-order chi connectivity index (χ1) is 26.4. The van der Waals surface area contributed by atoms with Crippen LogP contribution in [0.3, 0.4) is 0 Å². The predicted molar refractivity (Wildman–Crippen MR) is 231 cm³/mol. The highest BCUT2D eigenvalue weighted by Crippen LogP contribution is 2.51. The van der Waals surface area contributed by atoms with Crippen molar-refractivity contribution in [3.05, 3.63) is 54.5 Å². The second-order valence-electron chi connectivity index (χ2n) is 18.0. The van der Waals surface area contributed by atoms with Crippen LogP contribution in [0.15, 0.2) is 53.8 Å². The van der Waals surface area contributed by atoms with Gasteiger partial charge in [0.2, 0.25) is 0 Å². The van der Waals surface area contributed by atoms with Crippen LogP contribution in [0.5, 0.6) is 5.75 Å². The topological polar surface area (TPSA) is 170 Å². The summed E-state index contributed by atoms with van der Waals surface area (Å²) in [5, 5.41) is 7.04. The molecule has 3 unspecified atom stereocenters. The number of rotatable bonds is 18. The molecule has 3 N–H and O–H groups in total. The molecule has 1 aliphatic rings. The summed E-state index contributed by atoms with van der Waals surface area (Å²) in [6, 6.07) is 11.4. The maximum absolute atomic E-state index is 14.9. The Bertz CT molecular complexity index is 1880. The number of aliphatic imine (C=N–C) groups is 1. The number of nitrogens with one attached hydrogen (secondary N) is 1. The Morgan fingerprint density at radius 2 is 1.65 bits per heavy atom. The summed E-state index contributed by atoms with van der Waals surface area (Å²) in [5.74, 6) is 0.235. The number of nitrogens with zero attached hydrogens (tertiary/aromatic N) is 4. The zero-order valence-corrected chi connectivity index (χ0v) is 39.4. The molecule has 0 radical (unpaired) electrons. The van der Waals surface area contributed by atoms with E-state index in [0.29, 0.717) is 17.0 Å². The van der Waals surface area contributed by atoms with Gasteiger partial charge in [-0.1, -0.05) is 86.4 Å². The van der Waals surface area contributed by atoms with Gasteiger partial charge in [0.1, 0.15) is 41.9 Å². The van der Waals surface area contributed by atoms with E-state index in [1.807, 2.05) is 18.2 Å². The quantitative estimate of drug-likeness (QED) is 0.0542. The highest BCUT2D eigenvalue weighted by atomic mass is 31.2. The van der Waals surface area contributed by atoms with Gasteiger partial charge in [-0.25, -0.2) is 14.1 Å². The number of anilines is 1. The Morgan fingerprint density at radius 1 is 1.04 bits per heavy atom. The molecule has 3 heterocycles. The summed E-state index contributed by atoms with van der Waals surface area (Å²) in [5.41, 5.74) is 6.14. The van der Waals surface area contributed by atoms with Crippen molar-refractivity contribution in [3.8, 4) is 5.75 Å². The molecular formula is C40H67N6O8PSi2. The summed E-state index contributed by atoms with van der Waals surface area (Å²) < 4.78 is 56.6. The van der Waals surface area contributed by atoms with E-state index in [1.165, 1.54) is 6.33 Å². The normalized spacial score (nSPS) is 22.6. The number of ether oxygens (including phenoxy) is 2. The zero-order valence-electron chi connectivity index (χ0n) is 36.5. The number of hydrogen-bond acceptors (Lipinski definition) is 12. The highest BCUT2D eigenvalue weighted by molar-refractivity contribution is 7.52. The molecule has 0 saturated carbocycles. The van der Waals surface area contributed by atoms with Gasteiger partial charge < -0.3 is 28.6 Å². The maximum Gasteiger partial charge on any atom is 0.459 e. The molecule has 14 nitrogen and oxygen atoms in total. The molecule has 318 valence electrons. The third kappa shape index (κ3) is 10.6. The van der Waals surface area contributed by atoms with Crippen molar-refractivity contribution in [1.29, 1.82) is 0 Å². The molecule has 1 aromatic carbocycles. The standard InChI is InChI=1S/C40H67N6O8PSi2/c1-15-29(16-2)24-49-37(47)28(3)45-55(48,52-30-20-18-17-19-21-30)50-25-32-34(53-56(11,12)38(4,5)6)35(54-57(13,14)39(7,8)9)40(51-32,26-42-10)33-23-22-31-36(41)43-27-44-46(31)33/h17-23,26-29,32,34-35H,15-16,24-25H2,1-14H3,(H,45,48)(H2,41,43,44)/b42-26-/t28-,32+,34?,35?,40-,55?/m0/s1. The molecule has 0 spiro atoms. The van der Waals surface area contributed by atoms with E-state index in [9.17, 15) is 9.36 Å². The molecule has 1 saturated heterocycles. The number of fused-ring (bicyclic) bond motifs is 1. The number of benzene rings is 1. The molecular weight excluding hydrogens is 780 g/mol. The lowest BCUT2D eigenvalue weighted by Gasteiger charge is -2.45. The zero-order chi connectivity index (χ0) is 42.6. The van der Waals surface area contributed by atoms with E-state index in [2.05, 4.69) is 102 Å². The Hall–Kier alpha value is -2.96. The minimum absolute atomic E-state index is 0.200. The molecule has 1 fully saturated rings. The maximum atomic E-state index is 14.9. The minimum atomic E-state index is -4.31. The van der Waals surface area contributed by atoms with Gasteiger partial charge in [0, 0.05) is 13.3 Å². The first-order valence-electron chi connectivity index (χ1n) is 19.9.